The molecule has 0 atom stereocenters. The third kappa shape index (κ3) is 5.39. The molecule has 6 heteroatoms. The summed E-state index contributed by atoms with van der Waals surface area (Å²) in [5.74, 6) is -0.0896. The standard InChI is InChI=1S/C19H17N3O2S/c23-18(24-13-10-15-6-2-1-3-7-15)14-25-19-21-12-9-17(22-19)16-8-4-5-11-20-16/h1-9,11-12H,10,13-14H2. The van der Waals surface area contributed by atoms with Crippen LogP contribution in [0.2, 0.25) is 0 Å². The van der Waals surface area contributed by atoms with Crippen LogP contribution in [0.4, 0.5) is 0 Å². The van der Waals surface area contributed by atoms with Crippen LogP contribution in [0.15, 0.2) is 72.1 Å². The van der Waals surface area contributed by atoms with Gasteiger partial charge in [0, 0.05) is 18.8 Å². The monoisotopic (exact) mass is 351 g/mol. The summed E-state index contributed by atoms with van der Waals surface area (Å²) in [4.78, 5) is 24.7. The molecule has 126 valence electrons. The Labute approximate surface area is 150 Å². The summed E-state index contributed by atoms with van der Waals surface area (Å²) in [7, 11) is 0. The van der Waals surface area contributed by atoms with Gasteiger partial charge in [0.2, 0.25) is 0 Å². The van der Waals surface area contributed by atoms with Crippen molar-refractivity contribution in [1.29, 1.82) is 0 Å². The van der Waals surface area contributed by atoms with E-state index < -0.39 is 0 Å². The highest BCUT2D eigenvalue weighted by Gasteiger charge is 2.08. The van der Waals surface area contributed by atoms with Crippen molar-refractivity contribution >= 4 is 17.7 Å². The van der Waals surface area contributed by atoms with E-state index in [1.54, 1.807) is 18.5 Å². The van der Waals surface area contributed by atoms with Crippen molar-refractivity contribution < 1.29 is 9.53 Å². The van der Waals surface area contributed by atoms with Crippen LogP contribution in [0.25, 0.3) is 11.4 Å². The average molecular weight is 351 g/mol. The quantitative estimate of drug-likeness (QED) is 0.369. The van der Waals surface area contributed by atoms with Crippen molar-refractivity contribution in [3.63, 3.8) is 0 Å². The van der Waals surface area contributed by atoms with Gasteiger partial charge in [-0.1, -0.05) is 48.2 Å². The van der Waals surface area contributed by atoms with E-state index in [0.717, 1.165) is 17.0 Å². The maximum absolute atomic E-state index is 11.9. The molecule has 0 aliphatic rings. The molecular formula is C19H17N3O2S. The summed E-state index contributed by atoms with van der Waals surface area (Å²) in [5.41, 5.74) is 2.65. The number of thioether (sulfide) groups is 1. The molecule has 0 radical (unpaired) electrons. The molecule has 5 nitrogen and oxygen atoms in total. The van der Waals surface area contributed by atoms with Crippen molar-refractivity contribution in [3.8, 4) is 11.4 Å². The second-order valence-corrected chi connectivity index (χ2v) is 6.13. The van der Waals surface area contributed by atoms with Gasteiger partial charge in [-0.15, -0.1) is 0 Å². The lowest BCUT2D eigenvalue weighted by Crippen LogP contribution is -2.10. The van der Waals surface area contributed by atoms with Gasteiger partial charge in [0.25, 0.3) is 0 Å². The van der Waals surface area contributed by atoms with E-state index >= 15 is 0 Å². The third-order valence-corrected chi connectivity index (χ3v) is 4.21. The van der Waals surface area contributed by atoms with Crippen LogP contribution in [0.3, 0.4) is 0 Å². The van der Waals surface area contributed by atoms with Gasteiger partial charge in [-0.05, 0) is 23.8 Å². The van der Waals surface area contributed by atoms with Crippen LogP contribution < -0.4 is 0 Å². The first kappa shape index (κ1) is 17.1. The Kier molecular flexibility index (Phi) is 6.11. The number of benzene rings is 1. The molecule has 0 fully saturated rings. The summed E-state index contributed by atoms with van der Waals surface area (Å²) in [6, 6.07) is 17.4. The largest absolute Gasteiger partial charge is 0.465 e. The first-order valence-electron chi connectivity index (χ1n) is 7.88. The van der Waals surface area contributed by atoms with Crippen molar-refractivity contribution in [2.24, 2.45) is 0 Å². The second kappa shape index (κ2) is 8.94. The molecule has 25 heavy (non-hydrogen) atoms. The Hall–Kier alpha value is -2.73. The van der Waals surface area contributed by atoms with Gasteiger partial charge in [-0.2, -0.15) is 0 Å². The number of aromatic nitrogens is 3. The molecule has 0 spiro atoms. The predicted octanol–water partition coefficient (Wildman–Crippen LogP) is 3.42. The van der Waals surface area contributed by atoms with E-state index in [-0.39, 0.29) is 11.7 Å². The maximum atomic E-state index is 11.9. The zero-order valence-corrected chi connectivity index (χ0v) is 14.4. The molecule has 0 saturated heterocycles. The van der Waals surface area contributed by atoms with Gasteiger partial charge in [0.15, 0.2) is 5.16 Å². The highest BCUT2D eigenvalue weighted by atomic mass is 32.2. The molecule has 1 aromatic carbocycles. The fourth-order valence-corrected chi connectivity index (χ4v) is 2.79. The molecule has 0 amide bonds. The van der Waals surface area contributed by atoms with Gasteiger partial charge in [-0.3, -0.25) is 9.78 Å². The van der Waals surface area contributed by atoms with Crippen LogP contribution in [0, 0.1) is 0 Å². The summed E-state index contributed by atoms with van der Waals surface area (Å²) in [6.07, 6.45) is 4.09. The first-order chi connectivity index (χ1) is 12.3. The highest BCUT2D eigenvalue weighted by molar-refractivity contribution is 7.99. The summed E-state index contributed by atoms with van der Waals surface area (Å²) < 4.78 is 5.25. The molecule has 3 rings (SSSR count). The zero-order chi connectivity index (χ0) is 17.3. The highest BCUT2D eigenvalue weighted by Crippen LogP contribution is 2.18. The number of carbonyl (C=O) groups is 1. The SMILES string of the molecule is O=C(CSc1nccc(-c2ccccn2)n1)OCCc1ccccc1. The molecule has 0 aliphatic carbocycles. The minimum Gasteiger partial charge on any atom is -0.465 e. The number of ether oxygens (including phenoxy) is 1. The Morgan fingerprint density at radius 1 is 0.920 bits per heavy atom. The average Bonchev–Trinajstić information content (AvgIpc) is 2.68. The Morgan fingerprint density at radius 3 is 2.56 bits per heavy atom. The van der Waals surface area contributed by atoms with Crippen molar-refractivity contribution in [2.75, 3.05) is 12.4 Å². The minimum atomic E-state index is -0.271. The molecule has 0 saturated carbocycles. The summed E-state index contributed by atoms with van der Waals surface area (Å²) in [6.45, 7) is 0.373. The third-order valence-electron chi connectivity index (χ3n) is 3.38. The molecule has 3 aromatic rings. The second-order valence-electron chi connectivity index (χ2n) is 5.18. The van der Waals surface area contributed by atoms with Crippen LogP contribution >= 0.6 is 11.8 Å². The zero-order valence-electron chi connectivity index (χ0n) is 13.5. The molecule has 2 aromatic heterocycles. The van der Waals surface area contributed by atoms with Gasteiger partial charge >= 0.3 is 5.97 Å². The Morgan fingerprint density at radius 2 is 1.76 bits per heavy atom. The number of rotatable bonds is 7. The Bertz CT molecular complexity index is 813. The summed E-state index contributed by atoms with van der Waals surface area (Å²) >= 11 is 1.26. The molecule has 0 N–H and O–H groups in total. The van der Waals surface area contributed by atoms with Gasteiger partial charge in [0.1, 0.15) is 0 Å². The molecule has 0 aliphatic heterocycles. The lowest BCUT2D eigenvalue weighted by Gasteiger charge is -2.05. The molecular weight excluding hydrogens is 334 g/mol. The smallest absolute Gasteiger partial charge is 0.316 e. The van der Waals surface area contributed by atoms with Crippen molar-refractivity contribution in [1.82, 2.24) is 15.0 Å². The topological polar surface area (TPSA) is 65.0 Å². The van der Waals surface area contributed by atoms with E-state index in [1.807, 2.05) is 48.5 Å². The van der Waals surface area contributed by atoms with Crippen LogP contribution in [-0.4, -0.2) is 33.3 Å². The lowest BCUT2D eigenvalue weighted by molar-refractivity contribution is -0.140. The maximum Gasteiger partial charge on any atom is 0.316 e. The number of pyridine rings is 1. The van der Waals surface area contributed by atoms with Crippen LogP contribution in [-0.2, 0) is 16.0 Å². The number of esters is 1. The summed E-state index contributed by atoms with van der Waals surface area (Å²) in [5, 5.41) is 0.531. The van der Waals surface area contributed by atoms with Crippen LogP contribution in [0.5, 0.6) is 0 Å². The number of hydrogen-bond donors (Lipinski definition) is 0. The normalized spacial score (nSPS) is 10.4. The van der Waals surface area contributed by atoms with E-state index in [0.29, 0.717) is 18.2 Å². The fraction of sp³-hybridized carbons (Fsp3) is 0.158. The number of hydrogen-bond acceptors (Lipinski definition) is 6. The number of carbonyl (C=O) groups excluding carboxylic acids is 1. The van der Waals surface area contributed by atoms with Crippen molar-refractivity contribution in [3.05, 3.63) is 72.6 Å². The van der Waals surface area contributed by atoms with Gasteiger partial charge in [-0.25, -0.2) is 9.97 Å². The van der Waals surface area contributed by atoms with Gasteiger partial charge < -0.3 is 4.74 Å². The van der Waals surface area contributed by atoms with E-state index in [9.17, 15) is 4.79 Å². The van der Waals surface area contributed by atoms with E-state index in [1.165, 1.54) is 11.8 Å². The van der Waals surface area contributed by atoms with Gasteiger partial charge in [0.05, 0.1) is 23.7 Å². The molecule has 0 bridgehead atoms. The van der Waals surface area contributed by atoms with Crippen LogP contribution in [0.1, 0.15) is 5.56 Å². The Balaban J connectivity index is 1.47. The number of nitrogens with zero attached hydrogens (tertiary/aromatic N) is 3. The lowest BCUT2D eigenvalue weighted by atomic mass is 10.2. The fourth-order valence-electron chi connectivity index (χ4n) is 2.16. The molecule has 2 heterocycles. The van der Waals surface area contributed by atoms with Crippen molar-refractivity contribution in [2.45, 2.75) is 11.6 Å². The molecule has 0 unspecified atom stereocenters. The minimum absolute atomic E-state index is 0.181. The van der Waals surface area contributed by atoms with E-state index in [2.05, 4.69) is 15.0 Å². The first-order valence-corrected chi connectivity index (χ1v) is 8.86. The van der Waals surface area contributed by atoms with E-state index in [4.69, 9.17) is 4.74 Å². The predicted molar refractivity (Wildman–Crippen MR) is 97.1 cm³/mol.